The Kier molecular flexibility index (Phi) is 8.06. The van der Waals surface area contributed by atoms with Crippen molar-refractivity contribution in [3.8, 4) is 5.75 Å². The molecule has 1 saturated heterocycles. The zero-order valence-corrected chi connectivity index (χ0v) is 16.6. The molecule has 1 heterocycles. The molecule has 1 atom stereocenters. The maximum absolute atomic E-state index is 12.4. The smallest absolute Gasteiger partial charge is 0.251 e. The van der Waals surface area contributed by atoms with Crippen molar-refractivity contribution in [1.29, 1.82) is 0 Å². The van der Waals surface area contributed by atoms with Crippen LogP contribution in [0.1, 0.15) is 30.6 Å². The van der Waals surface area contributed by atoms with Crippen LogP contribution in [0.5, 0.6) is 5.75 Å². The summed E-state index contributed by atoms with van der Waals surface area (Å²) in [4.78, 5) is 28.6. The molecule has 0 unspecified atom stereocenters. The third-order valence-corrected chi connectivity index (χ3v) is 4.79. The number of rotatable bonds is 8. The molecule has 0 aliphatic carbocycles. The molecule has 3 N–H and O–H groups in total. The minimum absolute atomic E-state index is 0.0520. The number of nitrogens with one attached hydrogen (secondary N) is 1. The second kappa shape index (κ2) is 10.3. The van der Waals surface area contributed by atoms with Crippen molar-refractivity contribution in [2.75, 3.05) is 46.4 Å². The number of hydrogen-bond acceptors (Lipinski definition) is 5. The maximum atomic E-state index is 12.4. The fourth-order valence-electron chi connectivity index (χ4n) is 3.21. The van der Waals surface area contributed by atoms with E-state index in [0.29, 0.717) is 31.1 Å². The molecule has 1 aromatic rings. The Hall–Kier alpha value is -2.12. The van der Waals surface area contributed by atoms with Crippen molar-refractivity contribution in [2.45, 2.75) is 26.3 Å². The van der Waals surface area contributed by atoms with Gasteiger partial charge >= 0.3 is 0 Å². The van der Waals surface area contributed by atoms with Crippen molar-refractivity contribution in [2.24, 2.45) is 11.7 Å². The zero-order valence-electron chi connectivity index (χ0n) is 16.6. The average Bonchev–Trinajstić information content (AvgIpc) is 2.67. The van der Waals surface area contributed by atoms with E-state index in [-0.39, 0.29) is 11.8 Å². The number of ether oxygens (including phenoxy) is 1. The van der Waals surface area contributed by atoms with Crippen molar-refractivity contribution < 1.29 is 14.3 Å². The lowest BCUT2D eigenvalue weighted by molar-refractivity contribution is -0.134. The molecule has 1 fully saturated rings. The lowest BCUT2D eigenvalue weighted by Gasteiger charge is -2.36. The quantitative estimate of drug-likeness (QED) is 0.705. The van der Waals surface area contributed by atoms with E-state index >= 15 is 0 Å². The molecule has 150 valence electrons. The van der Waals surface area contributed by atoms with Crippen molar-refractivity contribution in [3.05, 3.63) is 29.8 Å². The number of nitrogens with two attached hydrogens (primary N) is 1. The molecule has 0 spiro atoms. The number of carbonyl (C=O) groups is 2. The lowest BCUT2D eigenvalue weighted by atomic mass is 10.0. The number of piperazine rings is 1. The summed E-state index contributed by atoms with van der Waals surface area (Å²) in [6.45, 7) is 8.48. The first kappa shape index (κ1) is 21.2. The van der Waals surface area contributed by atoms with Gasteiger partial charge in [-0.05, 0) is 36.6 Å². The van der Waals surface area contributed by atoms with Crippen LogP contribution in [-0.2, 0) is 4.79 Å². The minimum Gasteiger partial charge on any atom is -0.497 e. The number of methoxy groups -OCH3 is 1. The summed E-state index contributed by atoms with van der Waals surface area (Å²) < 4.78 is 5.09. The third-order valence-electron chi connectivity index (χ3n) is 4.79. The summed E-state index contributed by atoms with van der Waals surface area (Å²) in [5, 5.41) is 2.94. The fourth-order valence-corrected chi connectivity index (χ4v) is 3.21. The Balaban J connectivity index is 1.68. The third kappa shape index (κ3) is 6.52. The van der Waals surface area contributed by atoms with Crippen LogP contribution in [0.4, 0.5) is 0 Å². The van der Waals surface area contributed by atoms with E-state index in [4.69, 9.17) is 10.5 Å². The van der Waals surface area contributed by atoms with Crippen LogP contribution in [0.25, 0.3) is 0 Å². The van der Waals surface area contributed by atoms with E-state index in [1.54, 1.807) is 31.4 Å². The predicted molar refractivity (Wildman–Crippen MR) is 106 cm³/mol. The standard InChI is InChI=1S/C20H32N4O3/c1-15(2)14-18(21)20(26)24-12-10-23(11-13-24)9-8-22-19(25)16-4-6-17(27-3)7-5-16/h4-7,15,18H,8-14,21H2,1-3H3,(H,22,25)/t18-/m0/s1. The summed E-state index contributed by atoms with van der Waals surface area (Å²) in [5.41, 5.74) is 6.63. The normalized spacial score (nSPS) is 16.3. The highest BCUT2D eigenvalue weighted by atomic mass is 16.5. The number of benzene rings is 1. The van der Waals surface area contributed by atoms with Crippen LogP contribution in [0.15, 0.2) is 24.3 Å². The second-order valence-corrected chi connectivity index (χ2v) is 7.39. The molecule has 0 aromatic heterocycles. The van der Waals surface area contributed by atoms with Gasteiger partial charge in [-0.3, -0.25) is 14.5 Å². The molecular weight excluding hydrogens is 344 g/mol. The molecule has 2 amide bonds. The van der Waals surface area contributed by atoms with Crippen LogP contribution in [-0.4, -0.2) is 74.0 Å². The van der Waals surface area contributed by atoms with Gasteiger partial charge in [0.1, 0.15) is 5.75 Å². The SMILES string of the molecule is COc1ccc(C(=O)NCCN2CCN(C(=O)[C@@H](N)CC(C)C)CC2)cc1. The lowest BCUT2D eigenvalue weighted by Crippen LogP contribution is -2.54. The number of hydrogen-bond donors (Lipinski definition) is 2. The van der Waals surface area contributed by atoms with Gasteiger partial charge < -0.3 is 20.7 Å². The van der Waals surface area contributed by atoms with E-state index < -0.39 is 6.04 Å². The summed E-state index contributed by atoms with van der Waals surface area (Å²) in [6.07, 6.45) is 0.719. The van der Waals surface area contributed by atoms with Gasteiger partial charge in [-0.1, -0.05) is 13.8 Å². The molecule has 0 bridgehead atoms. The minimum atomic E-state index is -0.402. The average molecular weight is 377 g/mol. The Morgan fingerprint density at radius 2 is 1.78 bits per heavy atom. The van der Waals surface area contributed by atoms with Crippen molar-refractivity contribution in [1.82, 2.24) is 15.1 Å². The zero-order chi connectivity index (χ0) is 19.8. The first-order valence-corrected chi connectivity index (χ1v) is 9.59. The Labute approximate surface area is 161 Å². The summed E-state index contributed by atoms with van der Waals surface area (Å²) in [7, 11) is 1.60. The molecule has 7 heteroatoms. The van der Waals surface area contributed by atoms with Gasteiger partial charge in [0, 0.05) is 44.8 Å². The molecule has 0 saturated carbocycles. The summed E-state index contributed by atoms with van der Waals surface area (Å²) in [6, 6.07) is 6.64. The van der Waals surface area contributed by atoms with Gasteiger partial charge in [0.05, 0.1) is 13.2 Å². The molecular formula is C20H32N4O3. The molecule has 1 aromatic carbocycles. The molecule has 2 rings (SSSR count). The highest BCUT2D eigenvalue weighted by Crippen LogP contribution is 2.11. The monoisotopic (exact) mass is 376 g/mol. The Morgan fingerprint density at radius 3 is 2.33 bits per heavy atom. The highest BCUT2D eigenvalue weighted by Gasteiger charge is 2.25. The molecule has 27 heavy (non-hydrogen) atoms. The van der Waals surface area contributed by atoms with Crippen LogP contribution >= 0.6 is 0 Å². The van der Waals surface area contributed by atoms with Crippen molar-refractivity contribution >= 4 is 11.8 Å². The van der Waals surface area contributed by atoms with Crippen LogP contribution < -0.4 is 15.8 Å². The first-order chi connectivity index (χ1) is 12.9. The predicted octanol–water partition coefficient (Wildman–Crippen LogP) is 0.943. The number of amides is 2. The fraction of sp³-hybridized carbons (Fsp3) is 0.600. The Bertz CT molecular complexity index is 610. The van der Waals surface area contributed by atoms with Crippen LogP contribution in [0, 0.1) is 5.92 Å². The highest BCUT2D eigenvalue weighted by molar-refractivity contribution is 5.94. The van der Waals surface area contributed by atoms with Crippen LogP contribution in [0.3, 0.4) is 0 Å². The Morgan fingerprint density at radius 1 is 1.15 bits per heavy atom. The second-order valence-electron chi connectivity index (χ2n) is 7.39. The largest absolute Gasteiger partial charge is 0.497 e. The first-order valence-electron chi connectivity index (χ1n) is 9.59. The molecule has 1 aliphatic rings. The van der Waals surface area contributed by atoms with Gasteiger partial charge in [0.25, 0.3) is 5.91 Å². The van der Waals surface area contributed by atoms with E-state index in [9.17, 15) is 9.59 Å². The van der Waals surface area contributed by atoms with E-state index in [1.165, 1.54) is 0 Å². The van der Waals surface area contributed by atoms with Gasteiger partial charge in [0.2, 0.25) is 5.91 Å². The summed E-state index contributed by atoms with van der Waals surface area (Å²) in [5.74, 6) is 1.11. The van der Waals surface area contributed by atoms with Crippen molar-refractivity contribution in [3.63, 3.8) is 0 Å². The van der Waals surface area contributed by atoms with Gasteiger partial charge in [-0.2, -0.15) is 0 Å². The van der Waals surface area contributed by atoms with Gasteiger partial charge in [-0.15, -0.1) is 0 Å². The summed E-state index contributed by atoms with van der Waals surface area (Å²) >= 11 is 0. The topological polar surface area (TPSA) is 87.9 Å². The van der Waals surface area contributed by atoms with Crippen LogP contribution in [0.2, 0.25) is 0 Å². The maximum Gasteiger partial charge on any atom is 0.251 e. The number of nitrogens with zero attached hydrogens (tertiary/aromatic N) is 2. The molecule has 7 nitrogen and oxygen atoms in total. The van der Waals surface area contributed by atoms with Gasteiger partial charge in [-0.25, -0.2) is 0 Å². The van der Waals surface area contributed by atoms with Gasteiger partial charge in [0.15, 0.2) is 0 Å². The van der Waals surface area contributed by atoms with E-state index in [0.717, 1.165) is 31.8 Å². The number of carbonyl (C=O) groups excluding carboxylic acids is 2. The van der Waals surface area contributed by atoms with E-state index in [2.05, 4.69) is 24.1 Å². The molecule has 1 aliphatic heterocycles. The molecule has 0 radical (unpaired) electrons. The van der Waals surface area contributed by atoms with E-state index in [1.807, 2.05) is 4.90 Å².